The van der Waals surface area contributed by atoms with Gasteiger partial charge in [0.1, 0.15) is 0 Å². The fraction of sp³-hybridized carbons (Fsp3) is 0.929. The van der Waals surface area contributed by atoms with E-state index in [1.54, 1.807) is 0 Å². The zero-order valence-electron chi connectivity index (χ0n) is 11.5. The summed E-state index contributed by atoms with van der Waals surface area (Å²) in [7, 11) is 0. The smallest absolute Gasteiger partial charge is 0.305 e. The molecule has 4 nitrogen and oxygen atoms in total. The molecule has 3 atom stereocenters. The molecule has 104 valence electrons. The Morgan fingerprint density at radius 1 is 1.28 bits per heavy atom. The van der Waals surface area contributed by atoms with Crippen molar-refractivity contribution in [1.82, 2.24) is 4.90 Å². The predicted octanol–water partition coefficient (Wildman–Crippen LogP) is 1.99. The van der Waals surface area contributed by atoms with Crippen molar-refractivity contribution >= 4 is 5.97 Å². The predicted molar refractivity (Wildman–Crippen MR) is 69.5 cm³/mol. The van der Waals surface area contributed by atoms with Crippen molar-refractivity contribution in [3.05, 3.63) is 0 Å². The van der Waals surface area contributed by atoms with Crippen LogP contribution in [0.1, 0.15) is 39.5 Å². The van der Waals surface area contributed by atoms with Crippen LogP contribution in [0.15, 0.2) is 0 Å². The number of nitrogens with zero attached hydrogens (tertiary/aromatic N) is 1. The van der Waals surface area contributed by atoms with E-state index >= 15 is 0 Å². The third kappa shape index (κ3) is 3.45. The number of carbonyl (C=O) groups is 1. The third-order valence-corrected chi connectivity index (χ3v) is 4.31. The Morgan fingerprint density at radius 2 is 1.94 bits per heavy atom. The number of rotatable bonds is 3. The number of carboxylic acid groups (broad SMARTS) is 1. The van der Waals surface area contributed by atoms with Crippen LogP contribution in [0.2, 0.25) is 0 Å². The summed E-state index contributed by atoms with van der Waals surface area (Å²) in [5.74, 6) is 0.798. The molecule has 0 bridgehead atoms. The van der Waals surface area contributed by atoms with Gasteiger partial charge in [-0.2, -0.15) is 0 Å². The number of aliphatic carboxylic acids is 1. The lowest BCUT2D eigenvalue weighted by molar-refractivity contribution is -0.141. The van der Waals surface area contributed by atoms with Gasteiger partial charge in [-0.15, -0.1) is 0 Å². The zero-order chi connectivity index (χ0) is 13.1. The summed E-state index contributed by atoms with van der Waals surface area (Å²) >= 11 is 0. The number of ether oxygens (including phenoxy) is 1. The van der Waals surface area contributed by atoms with Crippen LogP contribution in [0.5, 0.6) is 0 Å². The molecule has 3 unspecified atom stereocenters. The van der Waals surface area contributed by atoms with Gasteiger partial charge in [-0.1, -0.05) is 13.8 Å². The van der Waals surface area contributed by atoms with E-state index in [1.165, 1.54) is 19.3 Å². The summed E-state index contributed by atoms with van der Waals surface area (Å²) in [5.41, 5.74) is 0. The molecule has 1 aliphatic carbocycles. The quantitative estimate of drug-likeness (QED) is 0.838. The summed E-state index contributed by atoms with van der Waals surface area (Å²) < 4.78 is 5.45. The summed E-state index contributed by atoms with van der Waals surface area (Å²) in [6.07, 6.45) is 3.94. The van der Waals surface area contributed by atoms with E-state index in [-0.39, 0.29) is 12.5 Å². The summed E-state index contributed by atoms with van der Waals surface area (Å²) in [6.45, 7) is 6.84. The molecule has 0 radical (unpaired) electrons. The van der Waals surface area contributed by atoms with Crippen LogP contribution in [0.4, 0.5) is 0 Å². The first-order valence-corrected chi connectivity index (χ1v) is 7.11. The highest BCUT2D eigenvalue weighted by molar-refractivity contribution is 5.67. The van der Waals surface area contributed by atoms with Crippen LogP contribution < -0.4 is 0 Å². The molecule has 1 heterocycles. The summed E-state index contributed by atoms with van der Waals surface area (Å²) in [5, 5.41) is 9.00. The molecule has 2 aliphatic rings. The highest BCUT2D eigenvalue weighted by atomic mass is 16.5. The lowest BCUT2D eigenvalue weighted by Gasteiger charge is -2.44. The van der Waals surface area contributed by atoms with Gasteiger partial charge in [0.25, 0.3) is 0 Å². The third-order valence-electron chi connectivity index (χ3n) is 4.31. The van der Waals surface area contributed by atoms with Crippen molar-refractivity contribution in [3.63, 3.8) is 0 Å². The van der Waals surface area contributed by atoms with Gasteiger partial charge in [0, 0.05) is 18.6 Å². The van der Waals surface area contributed by atoms with Crippen molar-refractivity contribution < 1.29 is 14.6 Å². The molecule has 0 aromatic heterocycles. The summed E-state index contributed by atoms with van der Waals surface area (Å²) in [4.78, 5) is 13.3. The number of carboxylic acids is 1. The highest BCUT2D eigenvalue weighted by Gasteiger charge is 2.34. The Labute approximate surface area is 109 Å². The average molecular weight is 255 g/mol. The van der Waals surface area contributed by atoms with Crippen LogP contribution in [-0.4, -0.2) is 47.8 Å². The molecule has 18 heavy (non-hydrogen) atoms. The first-order chi connectivity index (χ1) is 8.56. The molecule has 1 aliphatic heterocycles. The topological polar surface area (TPSA) is 49.8 Å². The van der Waals surface area contributed by atoms with Crippen LogP contribution >= 0.6 is 0 Å². The van der Waals surface area contributed by atoms with E-state index in [2.05, 4.69) is 18.7 Å². The van der Waals surface area contributed by atoms with E-state index in [9.17, 15) is 4.79 Å². The Bertz CT molecular complexity index is 285. The second kappa shape index (κ2) is 6.02. The van der Waals surface area contributed by atoms with Gasteiger partial charge in [-0.3, -0.25) is 9.69 Å². The maximum absolute atomic E-state index is 10.9. The standard InChI is InChI=1S/C14H25NO3/c1-10-5-11(2)7-12(6-10)15-3-4-18-9-13(15)8-14(16)17/h10-13H,3-9H2,1-2H3,(H,16,17). The SMILES string of the molecule is CC1CC(C)CC(N2CCOCC2CC(=O)O)C1. The molecule has 0 amide bonds. The molecule has 1 saturated carbocycles. The molecule has 0 aromatic rings. The summed E-state index contributed by atoms with van der Waals surface area (Å²) in [6, 6.07) is 0.621. The normalized spacial score (nSPS) is 38.6. The minimum Gasteiger partial charge on any atom is -0.481 e. The maximum Gasteiger partial charge on any atom is 0.305 e. The van der Waals surface area contributed by atoms with Crippen molar-refractivity contribution in [2.24, 2.45) is 11.8 Å². The number of hydrogen-bond acceptors (Lipinski definition) is 3. The van der Waals surface area contributed by atoms with E-state index in [0.717, 1.165) is 25.0 Å². The largest absolute Gasteiger partial charge is 0.481 e. The molecule has 2 fully saturated rings. The second-order valence-corrected chi connectivity index (χ2v) is 6.14. The van der Waals surface area contributed by atoms with Gasteiger partial charge in [0.05, 0.1) is 19.6 Å². The Kier molecular flexibility index (Phi) is 4.62. The first kappa shape index (κ1) is 13.8. The Balaban J connectivity index is 2.01. The number of hydrogen-bond donors (Lipinski definition) is 1. The Morgan fingerprint density at radius 3 is 2.56 bits per heavy atom. The van der Waals surface area contributed by atoms with Gasteiger partial charge < -0.3 is 9.84 Å². The highest BCUT2D eigenvalue weighted by Crippen LogP contribution is 2.33. The van der Waals surface area contributed by atoms with Crippen LogP contribution in [0.3, 0.4) is 0 Å². The fourth-order valence-electron chi connectivity index (χ4n) is 3.70. The van der Waals surface area contributed by atoms with E-state index in [1.807, 2.05) is 0 Å². The fourth-order valence-corrected chi connectivity index (χ4v) is 3.70. The van der Waals surface area contributed by atoms with Crippen LogP contribution in [0, 0.1) is 11.8 Å². The molecule has 2 rings (SSSR count). The minimum atomic E-state index is -0.715. The molecule has 0 aromatic carbocycles. The molecular weight excluding hydrogens is 230 g/mol. The van der Waals surface area contributed by atoms with E-state index in [4.69, 9.17) is 9.84 Å². The van der Waals surface area contributed by atoms with Crippen LogP contribution in [-0.2, 0) is 9.53 Å². The lowest BCUT2D eigenvalue weighted by atomic mass is 9.79. The Hall–Kier alpha value is -0.610. The van der Waals surface area contributed by atoms with Crippen molar-refractivity contribution in [2.75, 3.05) is 19.8 Å². The van der Waals surface area contributed by atoms with Gasteiger partial charge in [-0.25, -0.2) is 0 Å². The van der Waals surface area contributed by atoms with Crippen molar-refractivity contribution in [2.45, 2.75) is 51.6 Å². The van der Waals surface area contributed by atoms with Gasteiger partial charge >= 0.3 is 5.97 Å². The molecule has 1 N–H and O–H groups in total. The monoisotopic (exact) mass is 255 g/mol. The van der Waals surface area contributed by atoms with Gasteiger partial charge in [-0.05, 0) is 31.1 Å². The molecule has 0 spiro atoms. The van der Waals surface area contributed by atoms with Crippen molar-refractivity contribution in [1.29, 1.82) is 0 Å². The minimum absolute atomic E-state index is 0.0683. The molecule has 1 saturated heterocycles. The van der Waals surface area contributed by atoms with E-state index in [0.29, 0.717) is 12.6 Å². The number of morpholine rings is 1. The van der Waals surface area contributed by atoms with Crippen LogP contribution in [0.25, 0.3) is 0 Å². The van der Waals surface area contributed by atoms with Gasteiger partial charge in [0.2, 0.25) is 0 Å². The second-order valence-electron chi connectivity index (χ2n) is 6.14. The van der Waals surface area contributed by atoms with Crippen molar-refractivity contribution in [3.8, 4) is 0 Å². The lowest BCUT2D eigenvalue weighted by Crippen LogP contribution is -2.53. The molecule has 4 heteroatoms. The average Bonchev–Trinajstić information content (AvgIpc) is 2.27. The first-order valence-electron chi connectivity index (χ1n) is 7.11. The zero-order valence-corrected chi connectivity index (χ0v) is 11.5. The van der Waals surface area contributed by atoms with E-state index < -0.39 is 5.97 Å². The maximum atomic E-state index is 10.9. The van der Waals surface area contributed by atoms with Gasteiger partial charge in [0.15, 0.2) is 0 Å². The molecular formula is C14H25NO3.